The molecule has 2 saturated carbocycles. The zero-order valence-corrected chi connectivity index (χ0v) is 17.3. The summed E-state index contributed by atoms with van der Waals surface area (Å²) in [6.45, 7) is 2.29. The minimum absolute atomic E-state index is 0.0756. The van der Waals surface area contributed by atoms with Crippen LogP contribution in [0.5, 0.6) is 0 Å². The van der Waals surface area contributed by atoms with E-state index in [9.17, 15) is 9.59 Å². The van der Waals surface area contributed by atoms with Crippen molar-refractivity contribution in [3.05, 3.63) is 45.7 Å². The summed E-state index contributed by atoms with van der Waals surface area (Å²) in [5.74, 6) is 0.827. The molecule has 2 aliphatic rings. The van der Waals surface area contributed by atoms with Crippen LogP contribution in [0.15, 0.2) is 29.1 Å². The quantitative estimate of drug-likeness (QED) is 0.762. The largest absolute Gasteiger partial charge is 0.372 e. The van der Waals surface area contributed by atoms with E-state index in [1.807, 2.05) is 31.2 Å². The normalized spacial score (nSPS) is 22.8. The standard InChI is InChI=1S/C24H32N2O3/c1-16-22(26-21-9-5-4-8-20(21)24(16)28)15-29-19-12-10-18(11-13-19)25-23(27)14-17-6-2-3-7-17/h4-5,8-9,17-19H,2-3,6-7,10-15H2,1H3,(H,25,27)(H,26,28). The summed E-state index contributed by atoms with van der Waals surface area (Å²) in [5.41, 5.74) is 2.53. The molecule has 4 rings (SSSR count). The number of rotatable bonds is 6. The van der Waals surface area contributed by atoms with Crippen molar-refractivity contribution in [1.82, 2.24) is 10.3 Å². The van der Waals surface area contributed by atoms with Gasteiger partial charge in [-0.3, -0.25) is 9.59 Å². The van der Waals surface area contributed by atoms with Gasteiger partial charge in [0.25, 0.3) is 0 Å². The first kappa shape index (κ1) is 20.1. The maximum Gasteiger partial charge on any atom is 0.220 e. The van der Waals surface area contributed by atoms with Gasteiger partial charge in [-0.2, -0.15) is 0 Å². The van der Waals surface area contributed by atoms with Crippen LogP contribution in [0.4, 0.5) is 0 Å². The first-order valence-corrected chi connectivity index (χ1v) is 11.1. The maximum absolute atomic E-state index is 12.6. The van der Waals surface area contributed by atoms with E-state index < -0.39 is 0 Å². The summed E-state index contributed by atoms with van der Waals surface area (Å²) in [7, 11) is 0. The van der Waals surface area contributed by atoms with Crippen LogP contribution in [0.3, 0.4) is 0 Å². The molecular formula is C24H32N2O3. The van der Waals surface area contributed by atoms with Gasteiger partial charge in [-0.05, 0) is 63.5 Å². The van der Waals surface area contributed by atoms with Crippen molar-refractivity contribution in [2.45, 2.75) is 83.5 Å². The number of hydrogen-bond donors (Lipinski definition) is 2. The Kier molecular flexibility index (Phi) is 6.34. The zero-order chi connectivity index (χ0) is 20.2. The molecule has 2 aromatic rings. The van der Waals surface area contributed by atoms with Crippen LogP contribution >= 0.6 is 0 Å². The van der Waals surface area contributed by atoms with Crippen LogP contribution in [0, 0.1) is 12.8 Å². The van der Waals surface area contributed by atoms with E-state index in [1.54, 1.807) is 0 Å². The summed E-state index contributed by atoms with van der Waals surface area (Å²) in [6, 6.07) is 7.89. The number of fused-ring (bicyclic) bond motifs is 1. The molecule has 0 atom stereocenters. The third-order valence-corrected chi connectivity index (χ3v) is 6.70. The predicted molar refractivity (Wildman–Crippen MR) is 115 cm³/mol. The van der Waals surface area contributed by atoms with Crippen LogP contribution in [0.2, 0.25) is 0 Å². The molecule has 0 unspecified atom stereocenters. The fourth-order valence-electron chi connectivity index (χ4n) is 4.87. The first-order valence-electron chi connectivity index (χ1n) is 11.1. The van der Waals surface area contributed by atoms with Crippen molar-refractivity contribution in [1.29, 1.82) is 0 Å². The Bertz CT molecular complexity index is 906. The summed E-state index contributed by atoms with van der Waals surface area (Å²) >= 11 is 0. The fourth-order valence-corrected chi connectivity index (χ4v) is 4.87. The average Bonchev–Trinajstić information content (AvgIpc) is 3.23. The molecule has 0 aliphatic heterocycles. The molecule has 0 saturated heterocycles. The van der Waals surface area contributed by atoms with Gasteiger partial charge in [-0.25, -0.2) is 0 Å². The van der Waals surface area contributed by atoms with E-state index in [-0.39, 0.29) is 23.5 Å². The highest BCUT2D eigenvalue weighted by atomic mass is 16.5. The number of pyridine rings is 1. The van der Waals surface area contributed by atoms with Gasteiger partial charge in [0.15, 0.2) is 5.43 Å². The number of amides is 1. The number of aromatic amines is 1. The second-order valence-electron chi connectivity index (χ2n) is 8.81. The number of benzene rings is 1. The Morgan fingerprint density at radius 3 is 2.59 bits per heavy atom. The van der Waals surface area contributed by atoms with Gasteiger partial charge >= 0.3 is 0 Å². The number of aromatic nitrogens is 1. The van der Waals surface area contributed by atoms with Crippen LogP contribution in [-0.2, 0) is 16.1 Å². The number of ether oxygens (including phenoxy) is 1. The Hall–Kier alpha value is -2.14. The van der Waals surface area contributed by atoms with Gasteiger partial charge < -0.3 is 15.0 Å². The van der Waals surface area contributed by atoms with Crippen molar-refractivity contribution in [3.63, 3.8) is 0 Å². The molecule has 1 aromatic heterocycles. The van der Waals surface area contributed by atoms with Crippen molar-refractivity contribution in [2.75, 3.05) is 0 Å². The van der Waals surface area contributed by atoms with E-state index in [0.717, 1.165) is 47.8 Å². The van der Waals surface area contributed by atoms with E-state index >= 15 is 0 Å². The SMILES string of the molecule is Cc1c(COC2CCC(NC(=O)CC3CCCC3)CC2)[nH]c2ccccc2c1=O. The first-order chi connectivity index (χ1) is 14.1. The van der Waals surface area contributed by atoms with Crippen LogP contribution < -0.4 is 10.7 Å². The van der Waals surface area contributed by atoms with Gasteiger partial charge in [-0.15, -0.1) is 0 Å². The lowest BCUT2D eigenvalue weighted by atomic mass is 9.92. The Morgan fingerprint density at radius 2 is 1.83 bits per heavy atom. The zero-order valence-electron chi connectivity index (χ0n) is 17.3. The Balaban J connectivity index is 1.26. The third kappa shape index (κ3) is 4.89. The number of para-hydroxylation sites is 1. The molecule has 2 aliphatic carbocycles. The molecule has 156 valence electrons. The van der Waals surface area contributed by atoms with Gasteiger partial charge in [0.1, 0.15) is 0 Å². The van der Waals surface area contributed by atoms with Crippen LogP contribution in [0.25, 0.3) is 10.9 Å². The van der Waals surface area contributed by atoms with Crippen molar-refractivity contribution in [3.8, 4) is 0 Å². The van der Waals surface area contributed by atoms with Gasteiger partial charge in [0.05, 0.1) is 12.7 Å². The molecule has 0 spiro atoms. The molecule has 2 N–H and O–H groups in total. The number of hydrogen-bond acceptors (Lipinski definition) is 3. The fraction of sp³-hybridized carbons (Fsp3) is 0.583. The summed E-state index contributed by atoms with van der Waals surface area (Å²) in [5, 5.41) is 3.96. The van der Waals surface area contributed by atoms with Crippen molar-refractivity contribution >= 4 is 16.8 Å². The molecule has 1 amide bonds. The molecule has 5 nitrogen and oxygen atoms in total. The molecule has 0 bridgehead atoms. The van der Waals surface area contributed by atoms with E-state index in [2.05, 4.69) is 10.3 Å². The summed E-state index contributed by atoms with van der Waals surface area (Å²) in [6.07, 6.45) is 9.70. The predicted octanol–water partition coefficient (Wildman–Crippen LogP) is 4.36. The maximum atomic E-state index is 12.6. The van der Waals surface area contributed by atoms with Crippen molar-refractivity contribution < 1.29 is 9.53 Å². The minimum Gasteiger partial charge on any atom is -0.372 e. The van der Waals surface area contributed by atoms with Gasteiger partial charge in [0, 0.05) is 34.6 Å². The second kappa shape index (κ2) is 9.12. The summed E-state index contributed by atoms with van der Waals surface area (Å²) in [4.78, 5) is 28.2. The van der Waals surface area contributed by atoms with Crippen LogP contribution in [0.1, 0.15) is 69.0 Å². The molecule has 0 radical (unpaired) electrons. The topological polar surface area (TPSA) is 71.2 Å². The number of carbonyl (C=O) groups is 1. The molecular weight excluding hydrogens is 364 g/mol. The molecule has 1 heterocycles. The Morgan fingerprint density at radius 1 is 1.10 bits per heavy atom. The molecule has 2 fully saturated rings. The average molecular weight is 397 g/mol. The summed E-state index contributed by atoms with van der Waals surface area (Å²) < 4.78 is 6.13. The monoisotopic (exact) mass is 396 g/mol. The number of carbonyl (C=O) groups excluding carboxylic acids is 1. The lowest BCUT2D eigenvalue weighted by molar-refractivity contribution is -0.123. The molecule has 1 aromatic carbocycles. The van der Waals surface area contributed by atoms with Gasteiger partial charge in [0.2, 0.25) is 5.91 Å². The highest BCUT2D eigenvalue weighted by Gasteiger charge is 2.25. The Labute approximate surface area is 172 Å². The van der Waals surface area contributed by atoms with Crippen molar-refractivity contribution in [2.24, 2.45) is 5.92 Å². The van der Waals surface area contributed by atoms with Gasteiger partial charge in [-0.1, -0.05) is 25.0 Å². The molecule has 29 heavy (non-hydrogen) atoms. The second-order valence-corrected chi connectivity index (χ2v) is 8.81. The highest BCUT2D eigenvalue weighted by molar-refractivity contribution is 5.79. The number of H-pyrrole nitrogens is 1. The third-order valence-electron chi connectivity index (χ3n) is 6.70. The van der Waals surface area contributed by atoms with E-state index in [0.29, 0.717) is 18.9 Å². The minimum atomic E-state index is 0.0756. The van der Waals surface area contributed by atoms with E-state index in [1.165, 1.54) is 25.7 Å². The highest BCUT2D eigenvalue weighted by Crippen LogP contribution is 2.28. The number of nitrogens with one attached hydrogen (secondary N) is 2. The lowest BCUT2D eigenvalue weighted by Crippen LogP contribution is -2.39. The van der Waals surface area contributed by atoms with E-state index in [4.69, 9.17) is 4.74 Å². The lowest BCUT2D eigenvalue weighted by Gasteiger charge is -2.29. The molecule has 5 heteroatoms. The van der Waals surface area contributed by atoms with Crippen LogP contribution in [-0.4, -0.2) is 23.0 Å². The smallest absolute Gasteiger partial charge is 0.220 e.